The highest BCUT2D eigenvalue weighted by atomic mass is 32.2. The van der Waals surface area contributed by atoms with E-state index in [1.165, 1.54) is 31.0 Å². The molecule has 2 aliphatic rings. The van der Waals surface area contributed by atoms with Gasteiger partial charge in [0.25, 0.3) is 5.91 Å². The van der Waals surface area contributed by atoms with Crippen molar-refractivity contribution < 1.29 is 14.3 Å². The lowest BCUT2D eigenvalue weighted by molar-refractivity contribution is -0.113. The van der Waals surface area contributed by atoms with Crippen molar-refractivity contribution in [3.63, 3.8) is 0 Å². The molecule has 0 radical (unpaired) electrons. The topological polar surface area (TPSA) is 51.1 Å². The van der Waals surface area contributed by atoms with Crippen LogP contribution < -0.4 is 9.47 Å². The number of rotatable bonds is 5. The van der Waals surface area contributed by atoms with Crippen LogP contribution in [0.3, 0.4) is 0 Å². The van der Waals surface area contributed by atoms with E-state index in [4.69, 9.17) is 9.47 Å². The van der Waals surface area contributed by atoms with Gasteiger partial charge >= 0.3 is 0 Å². The van der Waals surface area contributed by atoms with Crippen LogP contribution in [0.1, 0.15) is 38.2 Å². The summed E-state index contributed by atoms with van der Waals surface area (Å²) in [5, 5.41) is 0.839. The number of carbonyl (C=O) groups is 1. The summed E-state index contributed by atoms with van der Waals surface area (Å²) < 4.78 is 11.1. The Morgan fingerprint density at radius 3 is 2.76 bits per heavy atom. The van der Waals surface area contributed by atoms with Gasteiger partial charge in [0.15, 0.2) is 16.7 Å². The zero-order chi connectivity index (χ0) is 17.6. The number of amidine groups is 1. The van der Waals surface area contributed by atoms with Gasteiger partial charge < -0.3 is 14.4 Å². The summed E-state index contributed by atoms with van der Waals surface area (Å²) in [5.41, 5.74) is 0.909. The van der Waals surface area contributed by atoms with E-state index in [0.29, 0.717) is 17.3 Å². The number of thioether (sulfide) groups is 1. The van der Waals surface area contributed by atoms with Gasteiger partial charge in [-0.15, -0.1) is 0 Å². The maximum atomic E-state index is 12.2. The van der Waals surface area contributed by atoms with Crippen LogP contribution in [0.15, 0.2) is 28.1 Å². The van der Waals surface area contributed by atoms with E-state index in [1.807, 2.05) is 24.3 Å². The molecule has 0 unspecified atom stereocenters. The number of hydrogen-bond acceptors (Lipinski definition) is 5. The first kappa shape index (κ1) is 17.9. The van der Waals surface area contributed by atoms with Crippen LogP contribution in [-0.4, -0.2) is 42.8 Å². The minimum Gasteiger partial charge on any atom is -0.493 e. The van der Waals surface area contributed by atoms with Gasteiger partial charge in [-0.25, -0.2) is 0 Å². The average Bonchev–Trinajstić information content (AvgIpc) is 3.02. The predicted octanol–water partition coefficient (Wildman–Crippen LogP) is 3.94. The number of carbonyl (C=O) groups excluding carboxylic acids is 1. The molecule has 5 nitrogen and oxygen atoms in total. The van der Waals surface area contributed by atoms with E-state index < -0.39 is 0 Å². The molecule has 1 aromatic rings. The van der Waals surface area contributed by atoms with Crippen LogP contribution in [0.5, 0.6) is 11.5 Å². The molecule has 25 heavy (non-hydrogen) atoms. The first-order chi connectivity index (χ1) is 12.2. The summed E-state index contributed by atoms with van der Waals surface area (Å²) in [6, 6.07) is 5.72. The van der Waals surface area contributed by atoms with Crippen molar-refractivity contribution in [1.82, 2.24) is 4.90 Å². The van der Waals surface area contributed by atoms with Gasteiger partial charge in [-0.05, 0) is 61.2 Å². The Bertz CT molecular complexity index is 694. The van der Waals surface area contributed by atoms with Crippen LogP contribution in [0.2, 0.25) is 0 Å². The number of benzene rings is 1. The highest BCUT2D eigenvalue weighted by Gasteiger charge is 2.26. The van der Waals surface area contributed by atoms with Gasteiger partial charge in [0.05, 0.1) is 18.6 Å². The lowest BCUT2D eigenvalue weighted by Gasteiger charge is -2.27. The molecule has 0 N–H and O–H groups in total. The molecule has 3 rings (SSSR count). The molecule has 1 amide bonds. The van der Waals surface area contributed by atoms with E-state index in [-0.39, 0.29) is 5.91 Å². The second kappa shape index (κ2) is 8.43. The Hall–Kier alpha value is -1.95. The number of amides is 1. The lowest BCUT2D eigenvalue weighted by Crippen LogP contribution is -2.33. The minimum atomic E-state index is -0.157. The Morgan fingerprint density at radius 1 is 1.24 bits per heavy atom. The molecule has 1 fully saturated rings. The third kappa shape index (κ3) is 4.37. The molecule has 134 valence electrons. The molecular weight excluding hydrogens is 336 g/mol. The van der Waals surface area contributed by atoms with Crippen molar-refractivity contribution in [2.75, 3.05) is 26.8 Å². The van der Waals surface area contributed by atoms with Crippen LogP contribution >= 0.6 is 11.8 Å². The monoisotopic (exact) mass is 360 g/mol. The highest BCUT2D eigenvalue weighted by molar-refractivity contribution is 8.18. The van der Waals surface area contributed by atoms with E-state index in [2.05, 4.69) is 16.8 Å². The molecule has 2 heterocycles. The predicted molar refractivity (Wildman–Crippen MR) is 102 cm³/mol. The number of aliphatic imine (C=N–C) groups is 1. The number of hydrogen-bond donors (Lipinski definition) is 0. The normalized spacial score (nSPS) is 19.3. The van der Waals surface area contributed by atoms with Gasteiger partial charge in [-0.2, -0.15) is 4.99 Å². The quantitative estimate of drug-likeness (QED) is 0.745. The van der Waals surface area contributed by atoms with Crippen LogP contribution in [0.4, 0.5) is 0 Å². The first-order valence-corrected chi connectivity index (χ1v) is 9.61. The van der Waals surface area contributed by atoms with Gasteiger partial charge in [0.1, 0.15) is 0 Å². The fourth-order valence-corrected chi connectivity index (χ4v) is 3.84. The van der Waals surface area contributed by atoms with Crippen molar-refractivity contribution in [2.24, 2.45) is 4.99 Å². The number of piperidine rings is 1. The smallest absolute Gasteiger partial charge is 0.286 e. The van der Waals surface area contributed by atoms with E-state index >= 15 is 0 Å². The van der Waals surface area contributed by atoms with Crippen LogP contribution in [0, 0.1) is 0 Å². The third-order valence-electron chi connectivity index (χ3n) is 4.18. The second-order valence-corrected chi connectivity index (χ2v) is 7.13. The molecule has 0 atom stereocenters. The Morgan fingerprint density at radius 2 is 2.04 bits per heavy atom. The number of methoxy groups -OCH3 is 1. The van der Waals surface area contributed by atoms with Crippen molar-refractivity contribution in [3.8, 4) is 11.5 Å². The highest BCUT2D eigenvalue weighted by Crippen LogP contribution is 2.34. The van der Waals surface area contributed by atoms with Crippen molar-refractivity contribution >= 4 is 28.9 Å². The first-order valence-electron chi connectivity index (χ1n) is 8.79. The molecule has 1 aromatic carbocycles. The van der Waals surface area contributed by atoms with E-state index in [9.17, 15) is 4.79 Å². The lowest BCUT2D eigenvalue weighted by atomic mass is 10.1. The molecule has 0 aromatic heterocycles. The number of ether oxygens (including phenoxy) is 2. The number of likely N-dealkylation sites (tertiary alicyclic amines) is 1. The summed E-state index contributed by atoms with van der Waals surface area (Å²) in [5.74, 6) is 1.24. The molecular formula is C19H24N2O3S. The van der Waals surface area contributed by atoms with Crippen LogP contribution in [-0.2, 0) is 4.79 Å². The van der Waals surface area contributed by atoms with Crippen molar-refractivity contribution in [2.45, 2.75) is 32.6 Å². The zero-order valence-corrected chi connectivity index (χ0v) is 15.6. The average molecular weight is 360 g/mol. The molecule has 0 spiro atoms. The summed E-state index contributed by atoms with van der Waals surface area (Å²) >= 11 is 1.47. The fraction of sp³-hybridized carbons (Fsp3) is 0.474. The summed E-state index contributed by atoms with van der Waals surface area (Å²) in [4.78, 5) is 19.3. The van der Waals surface area contributed by atoms with Gasteiger partial charge in [-0.1, -0.05) is 13.0 Å². The minimum absolute atomic E-state index is 0.157. The Kier molecular flexibility index (Phi) is 6.02. The maximum Gasteiger partial charge on any atom is 0.286 e. The SMILES string of the molecule is CCCOc1ccc(/C=C2\SC(N3CCCCC3)=NC2=O)cc1OC. The molecule has 2 aliphatic heterocycles. The van der Waals surface area contributed by atoms with E-state index in [0.717, 1.165) is 36.0 Å². The fourth-order valence-electron chi connectivity index (χ4n) is 2.88. The molecule has 0 bridgehead atoms. The summed E-state index contributed by atoms with van der Waals surface area (Å²) in [7, 11) is 1.62. The Labute approximate surface area is 153 Å². The summed E-state index contributed by atoms with van der Waals surface area (Å²) in [6.07, 6.45) is 6.42. The van der Waals surface area contributed by atoms with Gasteiger partial charge in [-0.3, -0.25) is 4.79 Å². The van der Waals surface area contributed by atoms with Crippen LogP contribution in [0.25, 0.3) is 6.08 Å². The largest absolute Gasteiger partial charge is 0.493 e. The third-order valence-corrected chi connectivity index (χ3v) is 5.23. The van der Waals surface area contributed by atoms with Crippen molar-refractivity contribution in [1.29, 1.82) is 0 Å². The molecule has 0 aliphatic carbocycles. The molecule has 6 heteroatoms. The molecule has 1 saturated heterocycles. The summed E-state index contributed by atoms with van der Waals surface area (Å²) in [6.45, 7) is 4.69. The zero-order valence-electron chi connectivity index (χ0n) is 14.8. The Balaban J connectivity index is 1.73. The molecule has 0 saturated carbocycles. The van der Waals surface area contributed by atoms with Crippen molar-refractivity contribution in [3.05, 3.63) is 28.7 Å². The maximum absolute atomic E-state index is 12.2. The van der Waals surface area contributed by atoms with Gasteiger partial charge in [0, 0.05) is 13.1 Å². The van der Waals surface area contributed by atoms with Gasteiger partial charge in [0.2, 0.25) is 0 Å². The van der Waals surface area contributed by atoms with E-state index in [1.54, 1.807) is 7.11 Å². The standard InChI is InChI=1S/C19H24N2O3S/c1-3-11-24-15-8-7-14(12-16(15)23-2)13-17-18(22)20-19(25-17)21-9-5-4-6-10-21/h7-8,12-13H,3-6,9-11H2,1-2H3/b17-13-. The second-order valence-electron chi connectivity index (χ2n) is 6.12. The number of nitrogens with zero attached hydrogens (tertiary/aromatic N) is 2.